The van der Waals surface area contributed by atoms with Gasteiger partial charge in [0.25, 0.3) is 0 Å². The second-order valence-electron chi connectivity index (χ2n) is 6.02. The molecule has 2 N–H and O–H groups in total. The third-order valence-electron chi connectivity index (χ3n) is 4.98. The Hall–Kier alpha value is -0.930. The summed E-state index contributed by atoms with van der Waals surface area (Å²) in [6.07, 6.45) is 11.9. The molecule has 3 heteroatoms. The van der Waals surface area contributed by atoms with Gasteiger partial charge in [-0.25, -0.2) is 0 Å². The molecule has 2 heterocycles. The summed E-state index contributed by atoms with van der Waals surface area (Å²) in [4.78, 5) is 6.89. The van der Waals surface area contributed by atoms with Crippen LogP contribution < -0.4 is 5.73 Å². The SMILES string of the molecule is NCC1CCCCC1N1CCCC1c1ccncc1. The van der Waals surface area contributed by atoms with Crippen molar-refractivity contribution in [1.29, 1.82) is 0 Å². The van der Waals surface area contributed by atoms with Gasteiger partial charge in [-0.1, -0.05) is 12.8 Å². The first-order valence-electron chi connectivity index (χ1n) is 7.76. The maximum Gasteiger partial charge on any atom is 0.0352 e. The van der Waals surface area contributed by atoms with Crippen molar-refractivity contribution in [2.24, 2.45) is 11.7 Å². The van der Waals surface area contributed by atoms with E-state index in [1.54, 1.807) is 0 Å². The first-order chi connectivity index (χ1) is 9.40. The predicted molar refractivity (Wildman–Crippen MR) is 77.7 cm³/mol. The number of hydrogen-bond donors (Lipinski definition) is 1. The van der Waals surface area contributed by atoms with Crippen LogP contribution in [0, 0.1) is 5.92 Å². The van der Waals surface area contributed by atoms with Crippen LogP contribution in [0.15, 0.2) is 24.5 Å². The van der Waals surface area contributed by atoms with Gasteiger partial charge < -0.3 is 5.73 Å². The van der Waals surface area contributed by atoms with Gasteiger partial charge >= 0.3 is 0 Å². The molecule has 2 fully saturated rings. The summed E-state index contributed by atoms with van der Waals surface area (Å²) >= 11 is 0. The molecule has 0 radical (unpaired) electrons. The molecular formula is C16H25N3. The highest BCUT2D eigenvalue weighted by Crippen LogP contribution is 2.39. The van der Waals surface area contributed by atoms with Gasteiger partial charge in [0, 0.05) is 24.5 Å². The van der Waals surface area contributed by atoms with E-state index in [-0.39, 0.29) is 0 Å². The standard InChI is InChI=1S/C16H25N3/c17-12-14-4-1-2-5-16(14)19-11-3-6-15(19)13-7-9-18-10-8-13/h7-10,14-16H,1-6,11-12,17H2. The summed E-state index contributed by atoms with van der Waals surface area (Å²) in [5.74, 6) is 0.705. The Kier molecular flexibility index (Phi) is 4.14. The molecule has 3 rings (SSSR count). The summed E-state index contributed by atoms with van der Waals surface area (Å²) in [6, 6.07) is 5.67. The van der Waals surface area contributed by atoms with Crippen molar-refractivity contribution in [3.63, 3.8) is 0 Å². The highest BCUT2D eigenvalue weighted by atomic mass is 15.2. The van der Waals surface area contributed by atoms with Crippen molar-refractivity contribution in [3.8, 4) is 0 Å². The van der Waals surface area contributed by atoms with E-state index in [1.165, 1.54) is 50.6 Å². The van der Waals surface area contributed by atoms with Gasteiger partial charge in [-0.3, -0.25) is 9.88 Å². The third kappa shape index (κ3) is 2.67. The lowest BCUT2D eigenvalue weighted by molar-refractivity contribution is 0.0950. The Labute approximate surface area is 116 Å². The van der Waals surface area contributed by atoms with E-state index in [2.05, 4.69) is 22.0 Å². The maximum atomic E-state index is 6.01. The minimum atomic E-state index is 0.597. The van der Waals surface area contributed by atoms with Crippen LogP contribution in [0.5, 0.6) is 0 Å². The van der Waals surface area contributed by atoms with E-state index in [4.69, 9.17) is 5.73 Å². The van der Waals surface area contributed by atoms with Crippen molar-refractivity contribution < 1.29 is 0 Å². The molecule has 1 aromatic rings. The van der Waals surface area contributed by atoms with Gasteiger partial charge in [0.15, 0.2) is 0 Å². The molecule has 0 spiro atoms. The third-order valence-corrected chi connectivity index (χ3v) is 4.98. The molecule has 1 aromatic heterocycles. The highest BCUT2D eigenvalue weighted by molar-refractivity contribution is 5.17. The lowest BCUT2D eigenvalue weighted by Crippen LogP contribution is -2.44. The van der Waals surface area contributed by atoms with Gasteiger partial charge in [-0.05, 0) is 62.4 Å². The van der Waals surface area contributed by atoms with Gasteiger partial charge in [-0.2, -0.15) is 0 Å². The summed E-state index contributed by atoms with van der Waals surface area (Å²) in [7, 11) is 0. The van der Waals surface area contributed by atoms with Crippen LogP contribution in [0.25, 0.3) is 0 Å². The molecule has 3 atom stereocenters. The molecular weight excluding hydrogens is 234 g/mol. The van der Waals surface area contributed by atoms with Crippen LogP contribution in [0.4, 0.5) is 0 Å². The topological polar surface area (TPSA) is 42.1 Å². The Balaban J connectivity index is 1.79. The Morgan fingerprint density at radius 2 is 1.89 bits per heavy atom. The van der Waals surface area contributed by atoms with E-state index in [9.17, 15) is 0 Å². The van der Waals surface area contributed by atoms with E-state index < -0.39 is 0 Å². The summed E-state index contributed by atoms with van der Waals surface area (Å²) in [6.45, 7) is 2.10. The zero-order valence-electron chi connectivity index (χ0n) is 11.7. The minimum Gasteiger partial charge on any atom is -0.330 e. The second-order valence-corrected chi connectivity index (χ2v) is 6.02. The van der Waals surface area contributed by atoms with Gasteiger partial charge in [0.05, 0.1) is 0 Å². The first kappa shape index (κ1) is 13.1. The average molecular weight is 259 g/mol. The molecule has 1 aliphatic heterocycles. The molecule has 1 aliphatic carbocycles. The Morgan fingerprint density at radius 3 is 2.68 bits per heavy atom. The van der Waals surface area contributed by atoms with E-state index in [0.29, 0.717) is 18.0 Å². The lowest BCUT2D eigenvalue weighted by atomic mass is 9.83. The highest BCUT2D eigenvalue weighted by Gasteiger charge is 2.36. The second kappa shape index (κ2) is 6.02. The Morgan fingerprint density at radius 1 is 1.11 bits per heavy atom. The van der Waals surface area contributed by atoms with Gasteiger partial charge in [0.2, 0.25) is 0 Å². The zero-order valence-corrected chi connectivity index (χ0v) is 11.7. The number of aromatic nitrogens is 1. The van der Waals surface area contributed by atoms with Crippen molar-refractivity contribution in [3.05, 3.63) is 30.1 Å². The zero-order chi connectivity index (χ0) is 13.1. The normalized spacial score (nSPS) is 32.6. The molecule has 0 aromatic carbocycles. The van der Waals surface area contributed by atoms with Gasteiger partial charge in [0.1, 0.15) is 0 Å². The molecule has 3 nitrogen and oxygen atoms in total. The molecule has 0 bridgehead atoms. The maximum absolute atomic E-state index is 6.01. The number of likely N-dealkylation sites (tertiary alicyclic amines) is 1. The number of pyridine rings is 1. The van der Waals surface area contributed by atoms with Crippen LogP contribution in [0.1, 0.15) is 50.1 Å². The molecule has 19 heavy (non-hydrogen) atoms. The fraction of sp³-hybridized carbons (Fsp3) is 0.688. The van der Waals surface area contributed by atoms with Crippen LogP contribution in [0.3, 0.4) is 0 Å². The summed E-state index contributed by atoms with van der Waals surface area (Å²) in [5.41, 5.74) is 7.45. The van der Waals surface area contributed by atoms with Crippen molar-refractivity contribution >= 4 is 0 Å². The summed E-state index contributed by atoms with van der Waals surface area (Å²) < 4.78 is 0. The predicted octanol–water partition coefficient (Wildman–Crippen LogP) is 2.74. The van der Waals surface area contributed by atoms with Crippen molar-refractivity contribution in [1.82, 2.24) is 9.88 Å². The molecule has 104 valence electrons. The summed E-state index contributed by atoms with van der Waals surface area (Å²) in [5, 5.41) is 0. The number of nitrogens with two attached hydrogens (primary N) is 1. The molecule has 2 aliphatic rings. The molecule has 0 amide bonds. The first-order valence-corrected chi connectivity index (χ1v) is 7.76. The van der Waals surface area contributed by atoms with Crippen LogP contribution in [-0.2, 0) is 0 Å². The lowest BCUT2D eigenvalue weighted by Gasteiger charge is -2.40. The van der Waals surface area contributed by atoms with E-state index >= 15 is 0 Å². The molecule has 3 unspecified atom stereocenters. The van der Waals surface area contributed by atoms with Gasteiger partial charge in [-0.15, -0.1) is 0 Å². The fourth-order valence-electron chi connectivity index (χ4n) is 4.03. The fourth-order valence-corrected chi connectivity index (χ4v) is 4.03. The number of rotatable bonds is 3. The average Bonchev–Trinajstić information content (AvgIpc) is 2.97. The van der Waals surface area contributed by atoms with E-state index in [0.717, 1.165) is 6.54 Å². The molecule has 1 saturated carbocycles. The minimum absolute atomic E-state index is 0.597. The van der Waals surface area contributed by atoms with E-state index in [1.807, 2.05) is 12.4 Å². The van der Waals surface area contributed by atoms with Crippen LogP contribution >= 0.6 is 0 Å². The number of nitrogens with zero attached hydrogens (tertiary/aromatic N) is 2. The number of hydrogen-bond acceptors (Lipinski definition) is 3. The monoisotopic (exact) mass is 259 g/mol. The van der Waals surface area contributed by atoms with Crippen LogP contribution in [0.2, 0.25) is 0 Å². The van der Waals surface area contributed by atoms with Crippen molar-refractivity contribution in [2.75, 3.05) is 13.1 Å². The van der Waals surface area contributed by atoms with Crippen molar-refractivity contribution in [2.45, 2.75) is 50.6 Å². The smallest absolute Gasteiger partial charge is 0.0352 e. The Bertz CT molecular complexity index is 392. The largest absolute Gasteiger partial charge is 0.330 e. The van der Waals surface area contributed by atoms with Crippen LogP contribution in [-0.4, -0.2) is 29.0 Å². The quantitative estimate of drug-likeness (QED) is 0.907. The molecule has 1 saturated heterocycles.